The zero-order chi connectivity index (χ0) is 11.9. The predicted octanol–water partition coefficient (Wildman–Crippen LogP) is 2.12. The lowest BCUT2D eigenvalue weighted by atomic mass is 10.3. The van der Waals surface area contributed by atoms with Gasteiger partial charge in [-0.1, -0.05) is 12.8 Å². The van der Waals surface area contributed by atoms with Crippen molar-refractivity contribution in [3.05, 3.63) is 18.0 Å². The molecule has 4 nitrogen and oxygen atoms in total. The molecule has 0 saturated heterocycles. The molecular formula is C13H23N3O. The Labute approximate surface area is 103 Å². The fraction of sp³-hybridized carbons (Fsp3) is 0.769. The second-order valence-electron chi connectivity index (χ2n) is 4.75. The fourth-order valence-corrected chi connectivity index (χ4v) is 2.40. The lowest BCUT2D eigenvalue weighted by Crippen LogP contribution is -2.17. The van der Waals surface area contributed by atoms with Crippen LogP contribution in [0.5, 0.6) is 0 Å². The second kappa shape index (κ2) is 6.77. The molecule has 1 fully saturated rings. The van der Waals surface area contributed by atoms with Crippen LogP contribution < -0.4 is 5.32 Å². The van der Waals surface area contributed by atoms with Gasteiger partial charge >= 0.3 is 0 Å². The van der Waals surface area contributed by atoms with Crippen LogP contribution in [-0.2, 0) is 11.3 Å². The summed E-state index contributed by atoms with van der Waals surface area (Å²) < 4.78 is 7.16. The Balaban J connectivity index is 1.70. The minimum atomic E-state index is 0.650. The van der Waals surface area contributed by atoms with Crippen molar-refractivity contribution in [2.24, 2.45) is 0 Å². The van der Waals surface area contributed by atoms with E-state index in [1.807, 2.05) is 0 Å². The number of nitrogens with one attached hydrogen (secondary N) is 1. The molecule has 0 amide bonds. The van der Waals surface area contributed by atoms with Gasteiger partial charge in [0.05, 0.1) is 11.7 Å². The van der Waals surface area contributed by atoms with Crippen molar-refractivity contribution in [3.63, 3.8) is 0 Å². The van der Waals surface area contributed by atoms with E-state index in [2.05, 4.69) is 27.4 Å². The van der Waals surface area contributed by atoms with Crippen molar-refractivity contribution in [1.29, 1.82) is 0 Å². The highest BCUT2D eigenvalue weighted by Gasteiger charge is 2.17. The topological polar surface area (TPSA) is 39.1 Å². The van der Waals surface area contributed by atoms with Crippen molar-refractivity contribution >= 4 is 0 Å². The summed E-state index contributed by atoms with van der Waals surface area (Å²) >= 11 is 0. The van der Waals surface area contributed by atoms with Crippen LogP contribution >= 0.6 is 0 Å². The number of hydrogen-bond donors (Lipinski definition) is 1. The van der Waals surface area contributed by atoms with Crippen LogP contribution in [0.2, 0.25) is 0 Å². The summed E-state index contributed by atoms with van der Waals surface area (Å²) in [6.07, 6.45) is 8.48. The summed E-state index contributed by atoms with van der Waals surface area (Å²) in [6.45, 7) is 2.68. The van der Waals surface area contributed by atoms with Crippen LogP contribution in [-0.4, -0.2) is 30.0 Å². The van der Waals surface area contributed by atoms with E-state index in [9.17, 15) is 0 Å². The molecule has 0 bridgehead atoms. The highest BCUT2D eigenvalue weighted by Crippen LogP contribution is 2.28. The maximum absolute atomic E-state index is 5.01. The molecule has 96 valence electrons. The fourth-order valence-electron chi connectivity index (χ4n) is 2.40. The maximum Gasteiger partial charge on any atom is 0.0762 e. The van der Waals surface area contributed by atoms with Gasteiger partial charge in [-0.25, -0.2) is 0 Å². The number of nitrogens with zero attached hydrogens (tertiary/aromatic N) is 2. The lowest BCUT2D eigenvalue weighted by molar-refractivity contribution is 0.194. The molecule has 1 aliphatic rings. The first-order valence-electron chi connectivity index (χ1n) is 6.64. The second-order valence-corrected chi connectivity index (χ2v) is 4.75. The quantitative estimate of drug-likeness (QED) is 0.738. The summed E-state index contributed by atoms with van der Waals surface area (Å²) in [5.41, 5.74) is 1.15. The van der Waals surface area contributed by atoms with Crippen molar-refractivity contribution in [2.75, 3.05) is 20.3 Å². The van der Waals surface area contributed by atoms with Gasteiger partial charge in [0.2, 0.25) is 0 Å². The van der Waals surface area contributed by atoms with Gasteiger partial charge in [0.1, 0.15) is 0 Å². The third-order valence-electron chi connectivity index (χ3n) is 3.37. The van der Waals surface area contributed by atoms with Gasteiger partial charge in [0, 0.05) is 26.5 Å². The number of rotatable bonds is 7. The Morgan fingerprint density at radius 3 is 3.06 bits per heavy atom. The SMILES string of the molecule is COCCCNCc1ccn(C2CCCC2)n1. The summed E-state index contributed by atoms with van der Waals surface area (Å²) in [5.74, 6) is 0. The van der Waals surface area contributed by atoms with Gasteiger partial charge in [-0.3, -0.25) is 4.68 Å². The van der Waals surface area contributed by atoms with E-state index >= 15 is 0 Å². The van der Waals surface area contributed by atoms with Crippen LogP contribution in [0.3, 0.4) is 0 Å². The van der Waals surface area contributed by atoms with Crippen molar-refractivity contribution < 1.29 is 4.74 Å². The standard InChI is InChI=1S/C13H23N3O/c1-17-10-4-8-14-11-12-7-9-16(15-12)13-5-2-3-6-13/h7,9,13-14H,2-6,8,10-11H2,1H3. The van der Waals surface area contributed by atoms with Gasteiger partial charge in [-0.15, -0.1) is 0 Å². The van der Waals surface area contributed by atoms with E-state index in [-0.39, 0.29) is 0 Å². The minimum Gasteiger partial charge on any atom is -0.385 e. The number of methoxy groups -OCH3 is 1. The molecule has 0 spiro atoms. The van der Waals surface area contributed by atoms with Gasteiger partial charge in [0.25, 0.3) is 0 Å². The molecule has 1 N–H and O–H groups in total. The van der Waals surface area contributed by atoms with Crippen LogP contribution in [0.1, 0.15) is 43.8 Å². The highest BCUT2D eigenvalue weighted by atomic mass is 16.5. The molecule has 0 aromatic carbocycles. The molecular weight excluding hydrogens is 214 g/mol. The number of hydrogen-bond acceptors (Lipinski definition) is 3. The summed E-state index contributed by atoms with van der Waals surface area (Å²) in [7, 11) is 1.74. The molecule has 2 rings (SSSR count). The molecule has 0 aliphatic heterocycles. The van der Waals surface area contributed by atoms with E-state index in [0.29, 0.717) is 6.04 Å². The zero-order valence-corrected chi connectivity index (χ0v) is 10.7. The summed E-state index contributed by atoms with van der Waals surface area (Å²) in [4.78, 5) is 0. The molecule has 4 heteroatoms. The molecule has 1 heterocycles. The molecule has 0 radical (unpaired) electrons. The largest absolute Gasteiger partial charge is 0.385 e. The Hall–Kier alpha value is -0.870. The van der Waals surface area contributed by atoms with Gasteiger partial charge in [0.15, 0.2) is 0 Å². The Morgan fingerprint density at radius 2 is 2.29 bits per heavy atom. The van der Waals surface area contributed by atoms with Crippen molar-refractivity contribution in [2.45, 2.75) is 44.7 Å². The Kier molecular flexibility index (Phi) is 5.01. The average Bonchev–Trinajstić information content (AvgIpc) is 2.99. The normalized spacial score (nSPS) is 16.8. The van der Waals surface area contributed by atoms with Gasteiger partial charge in [-0.05, 0) is 31.9 Å². The van der Waals surface area contributed by atoms with Gasteiger partial charge in [-0.2, -0.15) is 5.10 Å². The average molecular weight is 237 g/mol. The molecule has 0 unspecified atom stereocenters. The Bertz CT molecular complexity index is 318. The van der Waals surface area contributed by atoms with Crippen LogP contribution in [0.15, 0.2) is 12.3 Å². The smallest absolute Gasteiger partial charge is 0.0762 e. The molecule has 1 aromatic heterocycles. The zero-order valence-electron chi connectivity index (χ0n) is 10.7. The number of aromatic nitrogens is 2. The first kappa shape index (κ1) is 12.6. The van der Waals surface area contributed by atoms with E-state index in [4.69, 9.17) is 4.74 Å². The van der Waals surface area contributed by atoms with E-state index in [1.165, 1.54) is 25.7 Å². The molecule has 17 heavy (non-hydrogen) atoms. The third-order valence-corrected chi connectivity index (χ3v) is 3.37. The van der Waals surface area contributed by atoms with E-state index in [1.54, 1.807) is 7.11 Å². The van der Waals surface area contributed by atoms with E-state index < -0.39 is 0 Å². The van der Waals surface area contributed by atoms with E-state index in [0.717, 1.165) is 31.8 Å². The van der Waals surface area contributed by atoms with Crippen LogP contribution in [0, 0.1) is 0 Å². The monoisotopic (exact) mass is 237 g/mol. The first-order chi connectivity index (χ1) is 8.40. The summed E-state index contributed by atoms with van der Waals surface area (Å²) in [6, 6.07) is 2.78. The highest BCUT2D eigenvalue weighted by molar-refractivity contribution is 4.99. The molecule has 1 saturated carbocycles. The first-order valence-corrected chi connectivity index (χ1v) is 6.64. The summed E-state index contributed by atoms with van der Waals surface area (Å²) in [5, 5.41) is 8.02. The van der Waals surface area contributed by atoms with Gasteiger partial charge < -0.3 is 10.1 Å². The van der Waals surface area contributed by atoms with Crippen LogP contribution in [0.25, 0.3) is 0 Å². The van der Waals surface area contributed by atoms with Crippen molar-refractivity contribution in [1.82, 2.24) is 15.1 Å². The predicted molar refractivity (Wildman–Crippen MR) is 67.9 cm³/mol. The third kappa shape index (κ3) is 3.82. The minimum absolute atomic E-state index is 0.650. The molecule has 1 aromatic rings. The van der Waals surface area contributed by atoms with Crippen LogP contribution in [0.4, 0.5) is 0 Å². The Morgan fingerprint density at radius 1 is 1.47 bits per heavy atom. The lowest BCUT2D eigenvalue weighted by Gasteiger charge is -2.08. The molecule has 1 aliphatic carbocycles. The molecule has 0 atom stereocenters. The van der Waals surface area contributed by atoms with Crippen molar-refractivity contribution in [3.8, 4) is 0 Å². The number of ether oxygens (including phenoxy) is 1. The maximum atomic E-state index is 5.01.